The molecule has 1 heterocycles. The average Bonchev–Trinajstić information content (AvgIpc) is 3.07. The first-order chi connectivity index (χ1) is 13.8. The minimum atomic E-state index is -0.0805. The van der Waals surface area contributed by atoms with Crippen molar-refractivity contribution in [3.8, 4) is 0 Å². The number of carbonyl (C=O) groups excluding carboxylic acids is 2. The molecule has 0 saturated carbocycles. The van der Waals surface area contributed by atoms with Crippen molar-refractivity contribution < 1.29 is 9.59 Å². The molecule has 1 aromatic heterocycles. The van der Waals surface area contributed by atoms with Gasteiger partial charge in [0.2, 0.25) is 11.8 Å². The number of rotatable bonds is 6. The molecule has 0 atom stereocenters. The van der Waals surface area contributed by atoms with Gasteiger partial charge in [-0.15, -0.1) is 0 Å². The van der Waals surface area contributed by atoms with Crippen LogP contribution in [0.2, 0.25) is 0 Å². The van der Waals surface area contributed by atoms with E-state index in [-0.39, 0.29) is 17.2 Å². The normalized spacial score (nSPS) is 11.4. The van der Waals surface area contributed by atoms with Crippen LogP contribution in [-0.2, 0) is 21.4 Å². The average molecular weight is 392 g/mol. The lowest BCUT2D eigenvalue weighted by atomic mass is 9.85. The van der Waals surface area contributed by atoms with Crippen LogP contribution in [0.25, 0.3) is 10.9 Å². The number of amides is 2. The maximum Gasteiger partial charge on any atom is 0.224 e. The van der Waals surface area contributed by atoms with E-state index < -0.39 is 0 Å². The number of H-pyrrole nitrogens is 1. The van der Waals surface area contributed by atoms with Crippen LogP contribution in [0.4, 0.5) is 5.69 Å². The van der Waals surface area contributed by atoms with Crippen LogP contribution in [0, 0.1) is 0 Å². The molecule has 0 aliphatic carbocycles. The number of benzene rings is 2. The number of carbonyl (C=O) groups is 2. The van der Waals surface area contributed by atoms with Gasteiger partial charge in [0.15, 0.2) is 0 Å². The van der Waals surface area contributed by atoms with E-state index in [0.717, 1.165) is 27.7 Å². The predicted molar refractivity (Wildman–Crippen MR) is 118 cm³/mol. The van der Waals surface area contributed by atoms with Crippen molar-refractivity contribution in [2.75, 3.05) is 18.0 Å². The van der Waals surface area contributed by atoms with E-state index in [2.05, 4.69) is 37.1 Å². The molecule has 29 heavy (non-hydrogen) atoms. The van der Waals surface area contributed by atoms with Crippen molar-refractivity contribution in [2.24, 2.45) is 0 Å². The quantitative estimate of drug-likeness (QED) is 0.662. The number of aromatic nitrogens is 1. The van der Waals surface area contributed by atoms with Crippen molar-refractivity contribution in [1.82, 2.24) is 10.3 Å². The summed E-state index contributed by atoms with van der Waals surface area (Å²) in [5, 5.41) is 4.01. The molecule has 0 radical (unpaired) electrons. The first-order valence-corrected chi connectivity index (χ1v) is 9.96. The summed E-state index contributed by atoms with van der Waals surface area (Å²) in [6.07, 6.45) is 2.19. The summed E-state index contributed by atoms with van der Waals surface area (Å²) in [6, 6.07) is 15.9. The van der Waals surface area contributed by atoms with E-state index in [4.69, 9.17) is 0 Å². The Morgan fingerprint density at radius 3 is 2.45 bits per heavy atom. The predicted octanol–water partition coefficient (Wildman–Crippen LogP) is 4.18. The van der Waals surface area contributed by atoms with Crippen molar-refractivity contribution >= 4 is 28.4 Å². The Balaban J connectivity index is 1.65. The number of para-hydroxylation sites is 2. The van der Waals surface area contributed by atoms with Crippen molar-refractivity contribution in [3.05, 3.63) is 65.9 Å². The number of anilines is 1. The monoisotopic (exact) mass is 391 g/mol. The highest BCUT2D eigenvalue weighted by molar-refractivity contribution is 5.93. The zero-order valence-corrected chi connectivity index (χ0v) is 17.6. The van der Waals surface area contributed by atoms with Gasteiger partial charge in [-0.05, 0) is 28.7 Å². The maximum absolute atomic E-state index is 12.4. The lowest BCUT2D eigenvalue weighted by Gasteiger charge is -2.29. The summed E-state index contributed by atoms with van der Waals surface area (Å²) in [6.45, 7) is 8.79. The molecule has 0 unspecified atom stereocenters. The zero-order valence-electron chi connectivity index (χ0n) is 17.6. The summed E-state index contributed by atoms with van der Waals surface area (Å²) in [5.41, 5.74) is 3.93. The lowest BCUT2D eigenvalue weighted by molar-refractivity contribution is -0.121. The molecular weight excluding hydrogens is 362 g/mol. The third-order valence-electron chi connectivity index (χ3n) is 5.07. The number of hydrogen-bond donors (Lipinski definition) is 2. The van der Waals surface area contributed by atoms with Crippen molar-refractivity contribution in [2.45, 2.75) is 39.5 Å². The third kappa shape index (κ3) is 4.86. The number of hydrogen-bond acceptors (Lipinski definition) is 2. The number of fused-ring (bicyclic) bond motifs is 1. The van der Waals surface area contributed by atoms with Gasteiger partial charge in [0.05, 0.1) is 6.42 Å². The molecule has 0 aliphatic rings. The fourth-order valence-electron chi connectivity index (χ4n) is 3.61. The van der Waals surface area contributed by atoms with Crippen LogP contribution in [0.3, 0.4) is 0 Å². The van der Waals surface area contributed by atoms with E-state index >= 15 is 0 Å². The SMILES string of the molecule is CC(=O)N(CCNC(=O)Cc1c[nH]c2ccccc12)c1ccccc1C(C)(C)C. The molecule has 0 bridgehead atoms. The highest BCUT2D eigenvalue weighted by Crippen LogP contribution is 2.31. The Morgan fingerprint density at radius 2 is 1.72 bits per heavy atom. The Hall–Kier alpha value is -3.08. The maximum atomic E-state index is 12.4. The van der Waals surface area contributed by atoms with Crippen molar-refractivity contribution in [3.63, 3.8) is 0 Å². The molecule has 0 saturated heterocycles. The van der Waals surface area contributed by atoms with Crippen LogP contribution in [-0.4, -0.2) is 29.9 Å². The highest BCUT2D eigenvalue weighted by Gasteiger charge is 2.22. The van der Waals surface area contributed by atoms with Gasteiger partial charge in [-0.2, -0.15) is 0 Å². The van der Waals surface area contributed by atoms with E-state index in [9.17, 15) is 9.59 Å². The zero-order chi connectivity index (χ0) is 21.0. The lowest BCUT2D eigenvalue weighted by Crippen LogP contribution is -2.39. The summed E-state index contributed by atoms with van der Waals surface area (Å²) >= 11 is 0. The van der Waals surface area contributed by atoms with Gasteiger partial charge in [-0.1, -0.05) is 57.2 Å². The van der Waals surface area contributed by atoms with Gasteiger partial charge in [0.1, 0.15) is 0 Å². The first-order valence-electron chi connectivity index (χ1n) is 9.96. The summed E-state index contributed by atoms with van der Waals surface area (Å²) < 4.78 is 0. The molecular formula is C24H29N3O2. The summed E-state index contributed by atoms with van der Waals surface area (Å²) in [5.74, 6) is -0.0880. The molecule has 5 nitrogen and oxygen atoms in total. The number of nitrogens with one attached hydrogen (secondary N) is 2. The molecule has 0 spiro atoms. The van der Waals surface area contributed by atoms with Crippen LogP contribution < -0.4 is 10.2 Å². The topological polar surface area (TPSA) is 65.2 Å². The van der Waals surface area contributed by atoms with Crippen LogP contribution in [0.1, 0.15) is 38.8 Å². The smallest absolute Gasteiger partial charge is 0.224 e. The second-order valence-corrected chi connectivity index (χ2v) is 8.32. The van der Waals surface area contributed by atoms with Gasteiger partial charge in [-0.3, -0.25) is 9.59 Å². The Bertz CT molecular complexity index is 1010. The number of nitrogens with zero attached hydrogens (tertiary/aromatic N) is 1. The molecule has 2 amide bonds. The molecule has 0 fully saturated rings. The molecule has 3 rings (SSSR count). The minimum absolute atomic E-state index is 0.0347. The second-order valence-electron chi connectivity index (χ2n) is 8.32. The molecule has 2 N–H and O–H groups in total. The van der Waals surface area contributed by atoms with Gasteiger partial charge in [0, 0.05) is 42.8 Å². The Morgan fingerprint density at radius 1 is 1.03 bits per heavy atom. The first kappa shape index (κ1) is 20.6. The van der Waals surface area contributed by atoms with E-state index in [1.807, 2.05) is 48.7 Å². The molecule has 2 aromatic carbocycles. The molecule has 0 aliphatic heterocycles. The van der Waals surface area contributed by atoms with Gasteiger partial charge in [0.25, 0.3) is 0 Å². The van der Waals surface area contributed by atoms with Gasteiger partial charge >= 0.3 is 0 Å². The van der Waals surface area contributed by atoms with Crippen LogP contribution in [0.5, 0.6) is 0 Å². The van der Waals surface area contributed by atoms with Gasteiger partial charge in [-0.25, -0.2) is 0 Å². The molecule has 152 valence electrons. The van der Waals surface area contributed by atoms with Crippen molar-refractivity contribution in [1.29, 1.82) is 0 Å². The van der Waals surface area contributed by atoms with Crippen LogP contribution in [0.15, 0.2) is 54.7 Å². The highest BCUT2D eigenvalue weighted by atomic mass is 16.2. The molecule has 3 aromatic rings. The molecule has 5 heteroatoms. The second kappa shape index (κ2) is 8.52. The fourth-order valence-corrected chi connectivity index (χ4v) is 3.61. The Labute approximate surface area is 172 Å². The Kier molecular flexibility index (Phi) is 6.06. The van der Waals surface area contributed by atoms with E-state index in [1.54, 1.807) is 11.8 Å². The minimum Gasteiger partial charge on any atom is -0.361 e. The van der Waals surface area contributed by atoms with E-state index in [1.165, 1.54) is 0 Å². The largest absolute Gasteiger partial charge is 0.361 e. The van der Waals surface area contributed by atoms with Crippen LogP contribution >= 0.6 is 0 Å². The third-order valence-corrected chi connectivity index (χ3v) is 5.07. The number of aromatic amines is 1. The summed E-state index contributed by atoms with van der Waals surface area (Å²) in [7, 11) is 0. The van der Waals surface area contributed by atoms with E-state index in [0.29, 0.717) is 19.5 Å². The fraction of sp³-hybridized carbons (Fsp3) is 0.333. The summed E-state index contributed by atoms with van der Waals surface area (Å²) in [4.78, 5) is 29.7. The standard InChI is InChI=1S/C24H29N3O2/c1-17(28)27(22-12-8-6-10-20(22)24(2,3)4)14-13-25-23(29)15-18-16-26-21-11-7-5-9-19(18)21/h5-12,16,26H,13-15H2,1-4H3,(H,25,29). The van der Waals surface area contributed by atoms with Gasteiger partial charge < -0.3 is 15.2 Å².